The van der Waals surface area contributed by atoms with E-state index < -0.39 is 0 Å². The number of nitrogens with zero attached hydrogens (tertiary/aromatic N) is 3. The van der Waals surface area contributed by atoms with Gasteiger partial charge in [0, 0.05) is 19.5 Å². The number of H-pyrrole nitrogens is 1. The average molecular weight is 254 g/mol. The number of rotatable bonds is 3. The van der Waals surface area contributed by atoms with Crippen LogP contribution in [0.1, 0.15) is 38.4 Å². The standard InChI is InChI=1S/C11H18N4OS/c1-2-15-9(12-13-11(15)17)8-14-7-5-3-4-6-10(14)16/h2-8H2,1H3,(H,13,17). The van der Waals surface area contributed by atoms with Crippen LogP contribution in [0.2, 0.25) is 0 Å². The van der Waals surface area contributed by atoms with E-state index in [0.717, 1.165) is 38.2 Å². The van der Waals surface area contributed by atoms with Crippen LogP contribution in [0.3, 0.4) is 0 Å². The lowest BCUT2D eigenvalue weighted by Crippen LogP contribution is -2.31. The van der Waals surface area contributed by atoms with E-state index in [1.165, 1.54) is 0 Å². The first-order valence-corrected chi connectivity index (χ1v) is 6.55. The fourth-order valence-corrected chi connectivity index (χ4v) is 2.45. The lowest BCUT2D eigenvalue weighted by molar-refractivity contribution is -0.131. The molecule has 0 saturated carbocycles. The van der Waals surface area contributed by atoms with Crippen molar-refractivity contribution >= 4 is 18.1 Å². The second-order valence-electron chi connectivity index (χ2n) is 4.32. The lowest BCUT2D eigenvalue weighted by Gasteiger charge is -2.19. The second-order valence-corrected chi connectivity index (χ2v) is 4.70. The first-order valence-electron chi connectivity index (χ1n) is 6.14. The van der Waals surface area contributed by atoms with Gasteiger partial charge in [0.15, 0.2) is 10.6 Å². The van der Waals surface area contributed by atoms with Crippen LogP contribution in [-0.2, 0) is 17.9 Å². The van der Waals surface area contributed by atoms with Gasteiger partial charge in [0.2, 0.25) is 5.91 Å². The minimum Gasteiger partial charge on any atom is -0.335 e. The fourth-order valence-electron chi connectivity index (χ4n) is 2.17. The molecule has 0 unspecified atom stereocenters. The zero-order chi connectivity index (χ0) is 12.3. The number of carbonyl (C=O) groups excluding carboxylic acids is 1. The van der Waals surface area contributed by atoms with E-state index in [0.29, 0.717) is 17.7 Å². The van der Waals surface area contributed by atoms with Gasteiger partial charge < -0.3 is 9.47 Å². The first-order chi connectivity index (χ1) is 8.22. The summed E-state index contributed by atoms with van der Waals surface area (Å²) in [5.74, 6) is 1.09. The van der Waals surface area contributed by atoms with Crippen LogP contribution in [0, 0.1) is 4.77 Å². The molecule has 0 bridgehead atoms. The van der Waals surface area contributed by atoms with Gasteiger partial charge >= 0.3 is 0 Å². The molecule has 2 rings (SSSR count). The molecule has 2 heterocycles. The molecule has 0 spiro atoms. The Morgan fingerprint density at radius 1 is 1.41 bits per heavy atom. The molecular weight excluding hydrogens is 236 g/mol. The first kappa shape index (κ1) is 12.3. The van der Waals surface area contributed by atoms with Crippen molar-refractivity contribution in [2.45, 2.75) is 45.7 Å². The van der Waals surface area contributed by atoms with E-state index in [-0.39, 0.29) is 5.91 Å². The maximum atomic E-state index is 11.9. The molecular formula is C11H18N4OS. The van der Waals surface area contributed by atoms with Gasteiger partial charge in [-0.3, -0.25) is 9.89 Å². The van der Waals surface area contributed by atoms with Gasteiger partial charge in [-0.1, -0.05) is 6.42 Å². The number of amides is 1. The number of hydrogen-bond acceptors (Lipinski definition) is 3. The molecule has 1 aromatic rings. The van der Waals surface area contributed by atoms with Crippen LogP contribution < -0.4 is 0 Å². The Bertz CT molecular complexity index is 451. The molecule has 1 N–H and O–H groups in total. The topological polar surface area (TPSA) is 53.9 Å². The van der Waals surface area contributed by atoms with Crippen molar-refractivity contribution in [1.82, 2.24) is 19.7 Å². The molecule has 1 aliphatic heterocycles. The van der Waals surface area contributed by atoms with E-state index >= 15 is 0 Å². The van der Waals surface area contributed by atoms with Crippen molar-refractivity contribution < 1.29 is 4.79 Å². The van der Waals surface area contributed by atoms with Gasteiger partial charge in [-0.05, 0) is 32.0 Å². The SMILES string of the molecule is CCn1c(CN2CCCCCC2=O)n[nH]c1=S. The molecule has 94 valence electrons. The minimum atomic E-state index is 0.235. The van der Waals surface area contributed by atoms with Crippen molar-refractivity contribution in [2.75, 3.05) is 6.54 Å². The normalized spacial score (nSPS) is 17.2. The van der Waals surface area contributed by atoms with E-state index in [9.17, 15) is 4.79 Å². The largest absolute Gasteiger partial charge is 0.335 e. The van der Waals surface area contributed by atoms with E-state index in [4.69, 9.17) is 12.2 Å². The molecule has 5 nitrogen and oxygen atoms in total. The quantitative estimate of drug-likeness (QED) is 0.838. The molecule has 1 aromatic heterocycles. The third-order valence-electron chi connectivity index (χ3n) is 3.16. The zero-order valence-corrected chi connectivity index (χ0v) is 10.9. The maximum Gasteiger partial charge on any atom is 0.222 e. The van der Waals surface area contributed by atoms with Crippen LogP contribution in [0.25, 0.3) is 0 Å². The van der Waals surface area contributed by atoms with E-state index in [1.807, 2.05) is 16.4 Å². The summed E-state index contributed by atoms with van der Waals surface area (Å²) >= 11 is 5.14. The minimum absolute atomic E-state index is 0.235. The smallest absolute Gasteiger partial charge is 0.222 e. The van der Waals surface area contributed by atoms with E-state index in [2.05, 4.69) is 10.2 Å². The van der Waals surface area contributed by atoms with Crippen LogP contribution in [0.5, 0.6) is 0 Å². The van der Waals surface area contributed by atoms with Crippen molar-refractivity contribution in [3.8, 4) is 0 Å². The number of carbonyl (C=O) groups is 1. The van der Waals surface area contributed by atoms with Crippen LogP contribution >= 0.6 is 12.2 Å². The summed E-state index contributed by atoms with van der Waals surface area (Å²) in [6.07, 6.45) is 3.90. The van der Waals surface area contributed by atoms with Gasteiger partial charge in [-0.2, -0.15) is 5.10 Å². The molecule has 1 saturated heterocycles. The Hall–Kier alpha value is -1.17. The predicted molar refractivity (Wildman–Crippen MR) is 67.0 cm³/mol. The number of likely N-dealkylation sites (tertiary alicyclic amines) is 1. The monoisotopic (exact) mass is 254 g/mol. The van der Waals surface area contributed by atoms with Gasteiger partial charge in [0.25, 0.3) is 0 Å². The van der Waals surface area contributed by atoms with E-state index in [1.54, 1.807) is 0 Å². The molecule has 0 radical (unpaired) electrons. The molecule has 17 heavy (non-hydrogen) atoms. The third kappa shape index (κ3) is 2.74. The zero-order valence-electron chi connectivity index (χ0n) is 10.1. The van der Waals surface area contributed by atoms with Crippen LogP contribution in [0.15, 0.2) is 0 Å². The molecule has 1 amide bonds. The molecule has 6 heteroatoms. The number of aromatic nitrogens is 3. The molecule has 0 atom stereocenters. The van der Waals surface area contributed by atoms with Gasteiger partial charge in [0.05, 0.1) is 6.54 Å². The summed E-state index contributed by atoms with van der Waals surface area (Å²) in [6, 6.07) is 0. The lowest BCUT2D eigenvalue weighted by atomic mass is 10.2. The summed E-state index contributed by atoms with van der Waals surface area (Å²) in [4.78, 5) is 13.8. The van der Waals surface area contributed by atoms with Gasteiger partial charge in [-0.15, -0.1) is 0 Å². The van der Waals surface area contributed by atoms with Crippen molar-refractivity contribution in [3.05, 3.63) is 10.6 Å². The highest BCUT2D eigenvalue weighted by atomic mass is 32.1. The fraction of sp³-hybridized carbons (Fsp3) is 0.727. The average Bonchev–Trinajstić information content (AvgIpc) is 2.54. The van der Waals surface area contributed by atoms with Crippen molar-refractivity contribution in [3.63, 3.8) is 0 Å². The Kier molecular flexibility index (Phi) is 3.93. The van der Waals surface area contributed by atoms with Crippen molar-refractivity contribution in [2.24, 2.45) is 0 Å². The molecule has 1 fully saturated rings. The number of aromatic amines is 1. The number of hydrogen-bond donors (Lipinski definition) is 1. The van der Waals surface area contributed by atoms with Crippen molar-refractivity contribution in [1.29, 1.82) is 0 Å². The maximum absolute atomic E-state index is 11.9. The summed E-state index contributed by atoms with van der Waals surface area (Å²) in [5.41, 5.74) is 0. The summed E-state index contributed by atoms with van der Waals surface area (Å²) in [6.45, 7) is 4.22. The summed E-state index contributed by atoms with van der Waals surface area (Å²) in [7, 11) is 0. The van der Waals surface area contributed by atoms with Gasteiger partial charge in [0.1, 0.15) is 0 Å². The summed E-state index contributed by atoms with van der Waals surface area (Å²) < 4.78 is 2.57. The highest BCUT2D eigenvalue weighted by molar-refractivity contribution is 7.71. The van der Waals surface area contributed by atoms with Crippen LogP contribution in [-0.4, -0.2) is 32.1 Å². The Balaban J connectivity index is 2.13. The number of nitrogens with one attached hydrogen (secondary N) is 1. The summed E-state index contributed by atoms with van der Waals surface area (Å²) in [5, 5.41) is 6.98. The van der Waals surface area contributed by atoms with Crippen LogP contribution in [0.4, 0.5) is 0 Å². The Morgan fingerprint density at radius 2 is 2.24 bits per heavy atom. The molecule has 0 aliphatic carbocycles. The molecule has 1 aliphatic rings. The second kappa shape index (κ2) is 5.44. The Labute approximate surface area is 106 Å². The van der Waals surface area contributed by atoms with Gasteiger partial charge in [-0.25, -0.2) is 0 Å². The highest BCUT2D eigenvalue weighted by Gasteiger charge is 2.18. The highest BCUT2D eigenvalue weighted by Crippen LogP contribution is 2.13. The Morgan fingerprint density at radius 3 is 3.00 bits per heavy atom. The predicted octanol–water partition coefficient (Wildman–Crippen LogP) is 1.86. The molecule has 0 aromatic carbocycles. The third-order valence-corrected chi connectivity index (χ3v) is 3.47.